The molecule has 0 aromatic heterocycles. The van der Waals surface area contributed by atoms with E-state index in [9.17, 15) is 9.59 Å². The summed E-state index contributed by atoms with van der Waals surface area (Å²) >= 11 is 10.6. The Bertz CT molecular complexity index is 1310. The largest absolute Gasteiger partial charge is 0.488 e. The van der Waals surface area contributed by atoms with Crippen LogP contribution in [0.4, 0.5) is 4.79 Å². The van der Waals surface area contributed by atoms with Crippen LogP contribution in [0.25, 0.3) is 6.08 Å². The lowest BCUT2D eigenvalue weighted by Crippen LogP contribution is -2.27. The number of amides is 2. The van der Waals surface area contributed by atoms with Crippen LogP contribution in [0.2, 0.25) is 5.02 Å². The van der Waals surface area contributed by atoms with Crippen LogP contribution >= 0.6 is 39.3 Å². The molecule has 2 heterocycles. The number of carbonyl (C=O) groups is 2. The van der Waals surface area contributed by atoms with E-state index in [-0.39, 0.29) is 24.5 Å². The van der Waals surface area contributed by atoms with E-state index in [1.807, 2.05) is 48.5 Å². The van der Waals surface area contributed by atoms with E-state index in [0.717, 1.165) is 21.8 Å². The number of nitrogens with zero attached hydrogens (tertiary/aromatic N) is 1. The molecule has 2 aliphatic rings. The average Bonchev–Trinajstić information content (AvgIpc) is 3.38. The van der Waals surface area contributed by atoms with Crippen molar-refractivity contribution in [3.8, 4) is 17.2 Å². The van der Waals surface area contributed by atoms with Crippen LogP contribution in [0.5, 0.6) is 17.2 Å². The normalized spacial score (nSPS) is 15.9. The van der Waals surface area contributed by atoms with Gasteiger partial charge in [-0.15, -0.1) is 0 Å². The zero-order valence-electron chi connectivity index (χ0n) is 17.6. The fraction of sp³-hybridized carbons (Fsp3) is 0.120. The molecule has 0 saturated carbocycles. The van der Waals surface area contributed by atoms with E-state index >= 15 is 0 Å². The highest BCUT2D eigenvalue weighted by molar-refractivity contribution is 9.10. The third-order valence-corrected chi connectivity index (χ3v) is 7.04. The highest BCUT2D eigenvalue weighted by atomic mass is 79.9. The van der Waals surface area contributed by atoms with Crippen molar-refractivity contribution in [2.75, 3.05) is 6.79 Å². The van der Waals surface area contributed by atoms with Crippen molar-refractivity contribution in [2.45, 2.75) is 13.2 Å². The first-order valence-electron chi connectivity index (χ1n) is 10.3. The Morgan fingerprint density at radius 2 is 1.79 bits per heavy atom. The maximum Gasteiger partial charge on any atom is 0.293 e. The predicted molar refractivity (Wildman–Crippen MR) is 134 cm³/mol. The van der Waals surface area contributed by atoms with Crippen LogP contribution < -0.4 is 14.2 Å². The summed E-state index contributed by atoms with van der Waals surface area (Å²) in [5.74, 6) is 1.32. The summed E-state index contributed by atoms with van der Waals surface area (Å²) in [5.41, 5.74) is 2.33. The van der Waals surface area contributed by atoms with Gasteiger partial charge in [-0.2, -0.15) is 0 Å². The van der Waals surface area contributed by atoms with Gasteiger partial charge in [-0.3, -0.25) is 14.5 Å². The molecule has 0 aliphatic carbocycles. The molecule has 2 amide bonds. The molecule has 1 saturated heterocycles. The first-order valence-corrected chi connectivity index (χ1v) is 12.3. The number of fused-ring (bicyclic) bond motifs is 1. The van der Waals surface area contributed by atoms with Crippen LogP contribution in [0, 0.1) is 0 Å². The number of imide groups is 1. The lowest BCUT2D eigenvalue weighted by Gasteiger charge is -2.14. The number of hydrogen-bond acceptors (Lipinski definition) is 6. The Hall–Kier alpha value is -2.94. The number of thioether (sulfide) groups is 1. The van der Waals surface area contributed by atoms with E-state index in [1.165, 1.54) is 4.90 Å². The number of hydrogen-bond donors (Lipinski definition) is 0. The standard InChI is InChI=1S/C25H17BrClNO5S/c26-18-7-5-15(6-8-18)13-31-20-4-2-1-3-16(20)10-23-24(29)28(25(30)34-23)12-17-9-21-22(11-19(17)27)33-14-32-21/h1-11H,12-14H2/b23-10-. The molecule has 5 rings (SSSR count). The Kier molecular flexibility index (Phi) is 6.54. The smallest absolute Gasteiger partial charge is 0.293 e. The van der Waals surface area contributed by atoms with Crippen molar-refractivity contribution in [3.05, 3.63) is 91.8 Å². The molecule has 0 atom stereocenters. The highest BCUT2D eigenvalue weighted by Crippen LogP contribution is 2.39. The zero-order chi connectivity index (χ0) is 23.7. The molecule has 2 aliphatic heterocycles. The second-order valence-electron chi connectivity index (χ2n) is 7.52. The number of rotatable bonds is 6. The minimum Gasteiger partial charge on any atom is -0.488 e. The molecule has 1 fully saturated rings. The second kappa shape index (κ2) is 9.74. The van der Waals surface area contributed by atoms with Crippen molar-refractivity contribution in [1.29, 1.82) is 0 Å². The van der Waals surface area contributed by atoms with Crippen LogP contribution in [-0.2, 0) is 17.9 Å². The Morgan fingerprint density at radius 3 is 2.59 bits per heavy atom. The lowest BCUT2D eigenvalue weighted by molar-refractivity contribution is -0.123. The van der Waals surface area contributed by atoms with E-state index in [1.54, 1.807) is 18.2 Å². The number of halogens is 2. The SMILES string of the molecule is O=C1S/C(=C\c2ccccc2OCc2ccc(Br)cc2)C(=O)N1Cc1cc2c(cc1Cl)OCO2. The highest BCUT2D eigenvalue weighted by Gasteiger charge is 2.36. The lowest BCUT2D eigenvalue weighted by atomic mass is 10.1. The van der Waals surface area contributed by atoms with Gasteiger partial charge in [-0.25, -0.2) is 0 Å². The fourth-order valence-electron chi connectivity index (χ4n) is 3.50. The van der Waals surface area contributed by atoms with Crippen molar-refractivity contribution in [3.63, 3.8) is 0 Å². The van der Waals surface area contributed by atoms with Gasteiger partial charge in [0.25, 0.3) is 11.1 Å². The van der Waals surface area contributed by atoms with Crippen molar-refractivity contribution >= 4 is 56.5 Å². The number of ether oxygens (including phenoxy) is 3. The van der Waals surface area contributed by atoms with Crippen molar-refractivity contribution in [1.82, 2.24) is 4.90 Å². The molecular weight excluding hydrogens is 542 g/mol. The van der Waals surface area contributed by atoms with Gasteiger partial charge in [0.05, 0.1) is 11.4 Å². The molecule has 0 unspecified atom stereocenters. The van der Waals surface area contributed by atoms with Gasteiger partial charge in [0, 0.05) is 21.1 Å². The maximum absolute atomic E-state index is 13.1. The Labute approximate surface area is 213 Å². The zero-order valence-corrected chi connectivity index (χ0v) is 20.8. The Balaban J connectivity index is 1.34. The van der Waals surface area contributed by atoms with E-state index in [2.05, 4.69) is 15.9 Å². The minimum atomic E-state index is -0.383. The summed E-state index contributed by atoms with van der Waals surface area (Å²) in [6.45, 7) is 0.532. The molecule has 0 radical (unpaired) electrons. The van der Waals surface area contributed by atoms with Gasteiger partial charge < -0.3 is 14.2 Å². The third-order valence-electron chi connectivity index (χ3n) is 5.26. The van der Waals surface area contributed by atoms with Crippen LogP contribution in [0.15, 0.2) is 70.0 Å². The predicted octanol–water partition coefficient (Wildman–Crippen LogP) is 6.65. The average molecular weight is 559 g/mol. The molecular formula is C25H17BrClNO5S. The quantitative estimate of drug-likeness (QED) is 0.316. The van der Waals surface area contributed by atoms with Crippen molar-refractivity contribution in [2.24, 2.45) is 0 Å². The van der Waals surface area contributed by atoms with Gasteiger partial charge in [-0.1, -0.05) is 57.9 Å². The van der Waals surface area contributed by atoms with Crippen LogP contribution in [0.3, 0.4) is 0 Å². The van der Waals surface area contributed by atoms with E-state index in [0.29, 0.717) is 44.9 Å². The first kappa shape index (κ1) is 22.8. The summed E-state index contributed by atoms with van der Waals surface area (Å²) in [6, 6.07) is 18.6. The first-order chi connectivity index (χ1) is 16.5. The molecule has 9 heteroatoms. The summed E-state index contributed by atoms with van der Waals surface area (Å²) < 4.78 is 17.7. The Morgan fingerprint density at radius 1 is 1.06 bits per heavy atom. The van der Waals surface area contributed by atoms with E-state index in [4.69, 9.17) is 25.8 Å². The molecule has 0 spiro atoms. The van der Waals surface area contributed by atoms with Gasteiger partial charge in [-0.05, 0) is 53.2 Å². The second-order valence-corrected chi connectivity index (χ2v) is 9.83. The van der Waals surface area contributed by atoms with Crippen LogP contribution in [0.1, 0.15) is 16.7 Å². The van der Waals surface area contributed by atoms with E-state index < -0.39 is 0 Å². The fourth-order valence-corrected chi connectivity index (χ4v) is 4.81. The maximum atomic E-state index is 13.1. The molecule has 3 aromatic rings. The number of benzene rings is 3. The molecule has 34 heavy (non-hydrogen) atoms. The monoisotopic (exact) mass is 557 g/mol. The molecule has 0 N–H and O–H groups in total. The molecule has 3 aromatic carbocycles. The summed E-state index contributed by atoms with van der Waals surface area (Å²) in [7, 11) is 0. The topological polar surface area (TPSA) is 65.1 Å². The van der Waals surface area contributed by atoms with Gasteiger partial charge in [0.2, 0.25) is 6.79 Å². The summed E-state index contributed by atoms with van der Waals surface area (Å²) in [4.78, 5) is 27.2. The molecule has 172 valence electrons. The van der Waals surface area contributed by atoms with Crippen molar-refractivity contribution < 1.29 is 23.8 Å². The molecule has 0 bridgehead atoms. The number of carbonyl (C=O) groups excluding carboxylic acids is 2. The third kappa shape index (κ3) is 4.80. The minimum absolute atomic E-state index is 0.0409. The van der Waals surface area contributed by atoms with Gasteiger partial charge in [0.15, 0.2) is 11.5 Å². The molecule has 6 nitrogen and oxygen atoms in total. The summed E-state index contributed by atoms with van der Waals surface area (Å²) in [6.07, 6.45) is 1.68. The summed E-state index contributed by atoms with van der Waals surface area (Å²) in [5, 5.41) is 0.0391. The van der Waals surface area contributed by atoms with Gasteiger partial charge >= 0.3 is 0 Å². The number of para-hydroxylation sites is 1. The van der Waals surface area contributed by atoms with Gasteiger partial charge in [0.1, 0.15) is 12.4 Å². The van der Waals surface area contributed by atoms with Crippen LogP contribution in [-0.4, -0.2) is 22.8 Å².